The number of alkyl halides is 3. The summed E-state index contributed by atoms with van der Waals surface area (Å²) in [5, 5.41) is 2.33. The second-order valence-corrected chi connectivity index (χ2v) is 7.42. The van der Waals surface area contributed by atoms with Gasteiger partial charge in [-0.2, -0.15) is 13.2 Å². The van der Waals surface area contributed by atoms with Gasteiger partial charge in [-0.05, 0) is 28.3 Å². The zero-order valence-electron chi connectivity index (χ0n) is 16.5. The molecule has 2 aromatic carbocycles. The van der Waals surface area contributed by atoms with E-state index in [1.165, 1.54) is 0 Å². The second kappa shape index (κ2) is 8.93. The number of carbonyl (C=O) groups excluding carboxylic acids is 1. The van der Waals surface area contributed by atoms with Gasteiger partial charge in [0.15, 0.2) is 0 Å². The number of alkyl carbamates (subject to hydrolysis) is 1. The molecule has 1 N–H and O–H groups in total. The van der Waals surface area contributed by atoms with Gasteiger partial charge in [0.2, 0.25) is 0 Å². The highest BCUT2D eigenvalue weighted by atomic mass is 35.5. The number of fused-ring (bicyclic) bond motifs is 3. The van der Waals surface area contributed by atoms with Crippen LogP contribution >= 0.6 is 11.6 Å². The minimum atomic E-state index is -4.61. The van der Waals surface area contributed by atoms with Crippen LogP contribution in [-0.2, 0) is 10.9 Å². The number of nitrogens with zero attached hydrogens (tertiary/aromatic N) is 1. The van der Waals surface area contributed by atoms with Crippen LogP contribution in [0.3, 0.4) is 0 Å². The molecule has 4 nitrogen and oxygen atoms in total. The number of rotatable bonds is 3. The molecule has 0 atom stereocenters. The van der Waals surface area contributed by atoms with Crippen LogP contribution < -0.4 is 5.32 Å². The van der Waals surface area contributed by atoms with Gasteiger partial charge in [0, 0.05) is 17.7 Å². The lowest BCUT2D eigenvalue weighted by molar-refractivity contribution is -0.138. The van der Waals surface area contributed by atoms with E-state index in [1.807, 2.05) is 48.5 Å². The Hall–Kier alpha value is -3.50. The van der Waals surface area contributed by atoms with Crippen molar-refractivity contribution in [2.75, 3.05) is 13.2 Å². The Bertz CT molecular complexity index is 1190. The molecule has 0 saturated heterocycles. The predicted octanol–water partition coefficient (Wildman–Crippen LogP) is 5.64. The minimum absolute atomic E-state index is 0.0902. The molecule has 1 aliphatic carbocycles. The maximum absolute atomic E-state index is 13.0. The van der Waals surface area contributed by atoms with E-state index < -0.39 is 17.8 Å². The summed E-state index contributed by atoms with van der Waals surface area (Å²) in [7, 11) is 0. The zero-order valence-corrected chi connectivity index (χ0v) is 17.3. The molecule has 1 heterocycles. The molecule has 162 valence electrons. The van der Waals surface area contributed by atoms with Crippen LogP contribution in [-0.4, -0.2) is 24.2 Å². The van der Waals surface area contributed by atoms with Gasteiger partial charge in [0.25, 0.3) is 0 Å². The highest BCUT2D eigenvalue weighted by Crippen LogP contribution is 2.44. The first kappa shape index (κ1) is 21.7. The normalized spacial score (nSPS) is 12.4. The van der Waals surface area contributed by atoms with Crippen LogP contribution in [0.25, 0.3) is 11.1 Å². The molecule has 1 aliphatic rings. The summed E-state index contributed by atoms with van der Waals surface area (Å²) in [5.74, 6) is 4.77. The summed E-state index contributed by atoms with van der Waals surface area (Å²) in [6.07, 6.45) is -4.68. The third-order valence-corrected chi connectivity index (χ3v) is 5.27. The Kier molecular flexibility index (Phi) is 6.06. The van der Waals surface area contributed by atoms with Crippen molar-refractivity contribution in [3.05, 3.63) is 88.2 Å². The number of nitrogens with one attached hydrogen (secondary N) is 1. The fourth-order valence-corrected chi connectivity index (χ4v) is 3.82. The molecule has 8 heteroatoms. The van der Waals surface area contributed by atoms with Crippen molar-refractivity contribution in [3.63, 3.8) is 0 Å². The highest BCUT2D eigenvalue weighted by molar-refractivity contribution is 6.29. The van der Waals surface area contributed by atoms with E-state index >= 15 is 0 Å². The third-order valence-electron chi connectivity index (χ3n) is 5.06. The van der Waals surface area contributed by atoms with E-state index in [-0.39, 0.29) is 29.8 Å². The average Bonchev–Trinajstić information content (AvgIpc) is 3.08. The van der Waals surface area contributed by atoms with Gasteiger partial charge in [-0.15, -0.1) is 0 Å². The third kappa shape index (κ3) is 4.56. The van der Waals surface area contributed by atoms with E-state index in [1.54, 1.807) is 0 Å². The maximum atomic E-state index is 13.0. The number of aromatic nitrogens is 1. The molecule has 0 fully saturated rings. The van der Waals surface area contributed by atoms with Crippen molar-refractivity contribution in [1.82, 2.24) is 10.3 Å². The molecule has 32 heavy (non-hydrogen) atoms. The first-order chi connectivity index (χ1) is 15.3. The number of hydrogen-bond acceptors (Lipinski definition) is 3. The smallest absolute Gasteiger partial charge is 0.419 e. The monoisotopic (exact) mass is 456 g/mol. The van der Waals surface area contributed by atoms with E-state index in [0.29, 0.717) is 6.20 Å². The Morgan fingerprint density at radius 2 is 1.72 bits per heavy atom. The molecule has 1 aromatic heterocycles. The number of benzene rings is 2. The van der Waals surface area contributed by atoms with Gasteiger partial charge in [0.1, 0.15) is 11.8 Å². The number of amides is 1. The van der Waals surface area contributed by atoms with Gasteiger partial charge in [-0.3, -0.25) is 0 Å². The van der Waals surface area contributed by atoms with Gasteiger partial charge in [0.05, 0.1) is 12.1 Å². The molecule has 0 radical (unpaired) electrons. The van der Waals surface area contributed by atoms with Gasteiger partial charge >= 0.3 is 12.3 Å². The Morgan fingerprint density at radius 3 is 2.34 bits per heavy atom. The van der Waals surface area contributed by atoms with Crippen LogP contribution in [0.4, 0.5) is 18.0 Å². The summed E-state index contributed by atoms with van der Waals surface area (Å²) < 4.78 is 44.5. The summed E-state index contributed by atoms with van der Waals surface area (Å²) >= 11 is 5.67. The lowest BCUT2D eigenvalue weighted by Gasteiger charge is -2.14. The molecule has 0 aliphatic heterocycles. The average molecular weight is 457 g/mol. The highest BCUT2D eigenvalue weighted by Gasteiger charge is 2.33. The Morgan fingerprint density at radius 1 is 1.09 bits per heavy atom. The first-order valence-electron chi connectivity index (χ1n) is 9.65. The van der Waals surface area contributed by atoms with Crippen LogP contribution in [0.2, 0.25) is 5.15 Å². The second-order valence-electron chi connectivity index (χ2n) is 7.03. The molecule has 3 aromatic rings. The van der Waals surface area contributed by atoms with Crippen molar-refractivity contribution in [1.29, 1.82) is 0 Å². The zero-order chi connectivity index (χ0) is 22.7. The van der Waals surface area contributed by atoms with Crippen molar-refractivity contribution in [3.8, 4) is 23.0 Å². The molecular formula is C24H16ClF3N2O2. The van der Waals surface area contributed by atoms with Crippen LogP contribution in [0.5, 0.6) is 0 Å². The topological polar surface area (TPSA) is 51.2 Å². The van der Waals surface area contributed by atoms with Gasteiger partial charge in [-0.1, -0.05) is 72.0 Å². The molecule has 0 bridgehead atoms. The minimum Gasteiger partial charge on any atom is -0.449 e. The molecular weight excluding hydrogens is 441 g/mol. The fraction of sp³-hybridized carbons (Fsp3) is 0.167. The Labute approximate surface area is 187 Å². The SMILES string of the molecule is O=C(NCC#Cc1cc(Cl)ncc1C(F)(F)F)OCC1c2ccccc2-c2ccccc21. The van der Waals surface area contributed by atoms with Crippen LogP contribution in [0.1, 0.15) is 28.2 Å². The summed E-state index contributed by atoms with van der Waals surface area (Å²) in [4.78, 5) is 15.5. The lowest BCUT2D eigenvalue weighted by atomic mass is 9.98. The van der Waals surface area contributed by atoms with Crippen LogP contribution in [0.15, 0.2) is 60.8 Å². The summed E-state index contributed by atoms with van der Waals surface area (Å²) in [6, 6.07) is 16.9. The quantitative estimate of drug-likeness (QED) is 0.409. The number of pyridine rings is 1. The molecule has 4 rings (SSSR count). The fourth-order valence-electron chi connectivity index (χ4n) is 3.66. The van der Waals surface area contributed by atoms with E-state index in [9.17, 15) is 18.0 Å². The maximum Gasteiger partial charge on any atom is 0.419 e. The standard InChI is InChI=1S/C24H16ClF3N2O2/c25-22-12-15(21(13-30-22)24(26,27)28)6-5-11-29-23(31)32-14-20-18-9-3-1-7-16(18)17-8-2-4-10-19(17)20/h1-4,7-10,12-13,20H,11,14H2,(H,29,31). The summed E-state index contributed by atoms with van der Waals surface area (Å²) in [6.45, 7) is -0.0562. The van der Waals surface area contributed by atoms with Gasteiger partial charge in [-0.25, -0.2) is 9.78 Å². The van der Waals surface area contributed by atoms with Crippen LogP contribution in [0, 0.1) is 11.8 Å². The largest absolute Gasteiger partial charge is 0.449 e. The van der Waals surface area contributed by atoms with Gasteiger partial charge < -0.3 is 10.1 Å². The number of carbonyl (C=O) groups is 1. The van der Waals surface area contributed by atoms with E-state index in [2.05, 4.69) is 22.1 Å². The predicted molar refractivity (Wildman–Crippen MR) is 114 cm³/mol. The van der Waals surface area contributed by atoms with Crippen molar-refractivity contribution in [2.45, 2.75) is 12.1 Å². The number of ether oxygens (including phenoxy) is 1. The van der Waals surface area contributed by atoms with Crippen molar-refractivity contribution < 1.29 is 22.7 Å². The van der Waals surface area contributed by atoms with Crippen molar-refractivity contribution in [2.24, 2.45) is 0 Å². The molecule has 0 unspecified atom stereocenters. The molecule has 1 amide bonds. The lowest BCUT2D eigenvalue weighted by Crippen LogP contribution is -2.26. The molecule has 0 spiro atoms. The number of halogens is 4. The van der Waals surface area contributed by atoms with E-state index in [4.69, 9.17) is 16.3 Å². The summed E-state index contributed by atoms with van der Waals surface area (Å²) in [5.41, 5.74) is 3.08. The Balaban J connectivity index is 1.38. The van der Waals surface area contributed by atoms with Crippen molar-refractivity contribution >= 4 is 17.7 Å². The number of hydrogen-bond donors (Lipinski definition) is 1. The molecule has 0 saturated carbocycles. The first-order valence-corrected chi connectivity index (χ1v) is 10.0. The van der Waals surface area contributed by atoms with E-state index in [0.717, 1.165) is 28.3 Å².